The highest BCUT2D eigenvalue weighted by Crippen LogP contribution is 2.35. The molecule has 176 valence electrons. The Morgan fingerprint density at radius 2 is 1.65 bits per heavy atom. The number of carbonyl (C=O) groups is 2. The van der Waals surface area contributed by atoms with Gasteiger partial charge in [-0.1, -0.05) is 0 Å². The van der Waals surface area contributed by atoms with Gasteiger partial charge >= 0.3 is 24.3 Å². The molecular formula is C16H17F7IN3O4. The van der Waals surface area contributed by atoms with Crippen LogP contribution in [0.3, 0.4) is 0 Å². The summed E-state index contributed by atoms with van der Waals surface area (Å²) >= 11 is 2.18. The number of alkyl halides is 7. The van der Waals surface area contributed by atoms with Crippen LogP contribution in [-0.2, 0) is 22.7 Å². The Kier molecular flexibility index (Phi) is 9.28. The fourth-order valence-corrected chi connectivity index (χ4v) is 3.48. The summed E-state index contributed by atoms with van der Waals surface area (Å²) in [6.45, 7) is 3.70. The van der Waals surface area contributed by atoms with Crippen LogP contribution in [0, 0.1) is 3.57 Å². The Labute approximate surface area is 184 Å². The van der Waals surface area contributed by atoms with Crippen molar-refractivity contribution in [3.63, 3.8) is 0 Å². The minimum Gasteiger partial charge on any atom is -0.475 e. The summed E-state index contributed by atoms with van der Waals surface area (Å²) in [4.78, 5) is 24.7. The van der Waals surface area contributed by atoms with E-state index in [0.717, 1.165) is 28.9 Å². The molecule has 0 aliphatic carbocycles. The lowest BCUT2D eigenvalue weighted by molar-refractivity contribution is -0.193. The van der Waals surface area contributed by atoms with E-state index in [2.05, 4.69) is 50.8 Å². The Morgan fingerprint density at radius 1 is 1.16 bits per heavy atom. The van der Waals surface area contributed by atoms with E-state index in [1.54, 1.807) is 0 Å². The van der Waals surface area contributed by atoms with Gasteiger partial charge in [-0.15, -0.1) is 0 Å². The van der Waals surface area contributed by atoms with E-state index in [4.69, 9.17) is 19.8 Å². The monoisotopic (exact) mass is 575 g/mol. The van der Waals surface area contributed by atoms with Gasteiger partial charge in [-0.3, -0.25) is 0 Å². The summed E-state index contributed by atoms with van der Waals surface area (Å²) in [5.74, 6) is -4.50. The van der Waals surface area contributed by atoms with Crippen molar-refractivity contribution in [3.05, 3.63) is 20.9 Å². The summed E-state index contributed by atoms with van der Waals surface area (Å²) in [5, 5.41) is 17.7. The Bertz CT molecular complexity index is 781. The third-order valence-corrected chi connectivity index (χ3v) is 5.04. The number of rotatable bonds is 1. The number of nitrogens with zero attached hydrogens (tertiary/aromatic N) is 2. The minimum absolute atomic E-state index is 0.440. The topological polar surface area (TPSA) is 103 Å². The van der Waals surface area contributed by atoms with E-state index in [1.807, 2.05) is 0 Å². The molecule has 0 radical (unpaired) electrons. The quantitative estimate of drug-likeness (QED) is 0.350. The van der Waals surface area contributed by atoms with Gasteiger partial charge in [0.15, 0.2) is 0 Å². The van der Waals surface area contributed by atoms with Crippen LogP contribution in [-0.4, -0.2) is 64.7 Å². The van der Waals surface area contributed by atoms with Crippen LogP contribution in [0.25, 0.3) is 0 Å². The van der Waals surface area contributed by atoms with E-state index in [0.29, 0.717) is 17.8 Å². The molecule has 0 bridgehead atoms. The van der Waals surface area contributed by atoms with Gasteiger partial charge in [0.1, 0.15) is 12.5 Å². The number of halogens is 8. The van der Waals surface area contributed by atoms with Gasteiger partial charge in [0.25, 0.3) is 0 Å². The molecule has 7 nitrogen and oxygen atoms in total. The zero-order valence-electron chi connectivity index (χ0n) is 15.7. The molecule has 1 aromatic rings. The van der Waals surface area contributed by atoms with Gasteiger partial charge in [-0.25, -0.2) is 19.0 Å². The molecule has 3 heterocycles. The molecule has 0 unspecified atom stereocenters. The number of aliphatic carboxylic acids is 2. The number of aromatic nitrogens is 1. The first-order valence-corrected chi connectivity index (χ1v) is 9.51. The van der Waals surface area contributed by atoms with Gasteiger partial charge in [0.05, 0.1) is 5.69 Å². The predicted molar refractivity (Wildman–Crippen MR) is 101 cm³/mol. The van der Waals surface area contributed by atoms with Gasteiger partial charge in [0.2, 0.25) is 0 Å². The smallest absolute Gasteiger partial charge is 0.475 e. The second kappa shape index (κ2) is 10.6. The van der Waals surface area contributed by atoms with Crippen molar-refractivity contribution < 1.29 is 50.5 Å². The summed E-state index contributed by atoms with van der Waals surface area (Å²) in [5.41, 5.74) is 1.85. The average Bonchev–Trinajstić information content (AvgIpc) is 2.98. The maximum absolute atomic E-state index is 12.9. The highest BCUT2D eigenvalue weighted by molar-refractivity contribution is 14.1. The normalized spacial score (nSPS) is 19.8. The zero-order chi connectivity index (χ0) is 24.1. The fraction of sp³-hybridized carbons (Fsp3) is 0.562. The van der Waals surface area contributed by atoms with Gasteiger partial charge in [-0.05, 0) is 47.6 Å². The van der Waals surface area contributed by atoms with E-state index < -0.39 is 31.0 Å². The van der Waals surface area contributed by atoms with Gasteiger partial charge in [0, 0.05) is 28.7 Å². The first kappa shape index (κ1) is 27.1. The van der Waals surface area contributed by atoms with Crippen molar-refractivity contribution in [2.24, 2.45) is 0 Å². The van der Waals surface area contributed by atoms with Crippen molar-refractivity contribution in [2.75, 3.05) is 18.0 Å². The molecular weight excluding hydrogens is 558 g/mol. The summed E-state index contributed by atoms with van der Waals surface area (Å²) in [6.07, 6.45) is -9.14. The maximum atomic E-state index is 12.9. The predicted octanol–water partition coefficient (Wildman–Crippen LogP) is 3.15. The number of hydrogen-bond donors (Lipinski definition) is 3. The minimum atomic E-state index is -5.08. The van der Waals surface area contributed by atoms with Crippen LogP contribution < -0.4 is 10.2 Å². The number of pyridine rings is 1. The molecule has 0 aromatic carbocycles. The molecule has 1 aromatic heterocycles. The fourth-order valence-electron chi connectivity index (χ4n) is 2.84. The number of fused-ring (bicyclic) bond motifs is 3. The second-order valence-corrected chi connectivity index (χ2v) is 7.57. The largest absolute Gasteiger partial charge is 0.490 e. The summed E-state index contributed by atoms with van der Waals surface area (Å²) < 4.78 is 77.3. The first-order chi connectivity index (χ1) is 14.1. The van der Waals surface area contributed by atoms with E-state index >= 15 is 0 Å². The van der Waals surface area contributed by atoms with Crippen molar-refractivity contribution >= 4 is 40.3 Å². The van der Waals surface area contributed by atoms with Crippen molar-refractivity contribution in [2.45, 2.75) is 44.5 Å². The van der Waals surface area contributed by atoms with E-state index in [-0.39, 0.29) is 0 Å². The lowest BCUT2D eigenvalue weighted by Gasteiger charge is -2.37. The highest BCUT2D eigenvalue weighted by atomic mass is 127. The average molecular weight is 575 g/mol. The standard InChI is InChI=1S/C12H15FIN3.2C2HF3O2/c1-7-5-15-6-9-2-8-3-10(14)11(4-13)16-12(8)17(7)9;2*3-2(4,5)1(6)7/h3,7,9,15H,2,4-6H2,1H3;2*(H,6,7)/t7-,9-;;/m1../s1. The molecule has 1 fully saturated rings. The third-order valence-electron chi connectivity index (χ3n) is 4.10. The Morgan fingerprint density at radius 3 is 2.06 bits per heavy atom. The number of carboxylic acids is 2. The highest BCUT2D eigenvalue weighted by Gasteiger charge is 2.39. The number of hydrogen-bond acceptors (Lipinski definition) is 5. The van der Waals surface area contributed by atoms with E-state index in [9.17, 15) is 30.7 Å². The number of piperazine rings is 1. The molecule has 2 aliphatic rings. The Hall–Kier alpha value is -1.91. The van der Waals surface area contributed by atoms with Crippen molar-refractivity contribution in [1.29, 1.82) is 0 Å². The van der Waals surface area contributed by atoms with E-state index in [1.165, 1.54) is 5.56 Å². The molecule has 0 amide bonds. The summed E-state index contributed by atoms with van der Waals surface area (Å²) in [6, 6.07) is 3.03. The van der Waals surface area contributed by atoms with Gasteiger partial charge in [-0.2, -0.15) is 26.3 Å². The Balaban J connectivity index is 0.000000288. The number of anilines is 1. The molecule has 0 saturated carbocycles. The SMILES string of the molecule is C[C@@H]1CNC[C@H]2Cc3cc(I)c(CF)nc3N21.O=C(O)C(F)(F)F.O=C(O)C(F)(F)F. The summed E-state index contributed by atoms with van der Waals surface area (Å²) in [7, 11) is 0. The molecule has 2 atom stereocenters. The zero-order valence-corrected chi connectivity index (χ0v) is 17.8. The molecule has 3 N–H and O–H groups in total. The number of nitrogens with one attached hydrogen (secondary N) is 1. The third kappa shape index (κ3) is 7.62. The molecule has 0 spiro atoms. The molecule has 3 rings (SSSR count). The lowest BCUT2D eigenvalue weighted by Crippen LogP contribution is -2.55. The van der Waals surface area contributed by atoms with Crippen LogP contribution in [0.5, 0.6) is 0 Å². The maximum Gasteiger partial charge on any atom is 0.490 e. The number of carboxylic acid groups (broad SMARTS) is 2. The van der Waals surface area contributed by atoms with Crippen LogP contribution >= 0.6 is 22.6 Å². The molecule has 2 aliphatic heterocycles. The van der Waals surface area contributed by atoms with Crippen molar-refractivity contribution in [1.82, 2.24) is 10.3 Å². The van der Waals surface area contributed by atoms with Crippen LogP contribution in [0.2, 0.25) is 0 Å². The van der Waals surface area contributed by atoms with Crippen LogP contribution in [0.1, 0.15) is 18.2 Å². The van der Waals surface area contributed by atoms with Crippen molar-refractivity contribution in [3.8, 4) is 0 Å². The lowest BCUT2D eigenvalue weighted by atomic mass is 10.1. The first-order valence-electron chi connectivity index (χ1n) is 8.43. The van der Waals surface area contributed by atoms with Crippen LogP contribution in [0.15, 0.2) is 6.07 Å². The van der Waals surface area contributed by atoms with Crippen LogP contribution in [0.4, 0.5) is 36.6 Å². The second-order valence-electron chi connectivity index (χ2n) is 6.41. The van der Waals surface area contributed by atoms with Gasteiger partial charge < -0.3 is 20.4 Å². The molecule has 1 saturated heterocycles. The molecule has 31 heavy (non-hydrogen) atoms. The molecule has 15 heteroatoms.